The zero-order chi connectivity index (χ0) is 18.2. The predicted molar refractivity (Wildman–Crippen MR) is 81.6 cm³/mol. The summed E-state index contributed by atoms with van der Waals surface area (Å²) in [5, 5.41) is 13.2. The van der Waals surface area contributed by atoms with Gasteiger partial charge in [0.05, 0.1) is 16.9 Å². The normalized spacial score (nSPS) is 14.7. The zero-order valence-electron chi connectivity index (χ0n) is 12.5. The van der Waals surface area contributed by atoms with Crippen LogP contribution in [0.15, 0.2) is 24.4 Å². The van der Waals surface area contributed by atoms with Crippen molar-refractivity contribution in [2.24, 2.45) is 0 Å². The fourth-order valence-electron chi connectivity index (χ4n) is 2.59. The molecule has 6 nitrogen and oxygen atoms in total. The molecule has 0 N–H and O–H groups in total. The van der Waals surface area contributed by atoms with Crippen LogP contribution in [0.25, 0.3) is 5.69 Å². The molecule has 2 aromatic rings. The Morgan fingerprint density at radius 3 is 2.68 bits per heavy atom. The van der Waals surface area contributed by atoms with Crippen LogP contribution in [0.3, 0.4) is 0 Å². The lowest BCUT2D eigenvalue weighted by Crippen LogP contribution is -2.27. The number of hydrogen-bond acceptors (Lipinski definition) is 4. The number of carbonyl (C=O) groups excluding carboxylic acids is 1. The van der Waals surface area contributed by atoms with Gasteiger partial charge in [0.2, 0.25) is 5.91 Å². The van der Waals surface area contributed by atoms with Gasteiger partial charge < -0.3 is 4.74 Å². The van der Waals surface area contributed by atoms with Crippen LogP contribution < -0.4 is 9.64 Å². The second-order valence-corrected chi connectivity index (χ2v) is 5.62. The first kappa shape index (κ1) is 17.1. The molecule has 2 heterocycles. The lowest BCUT2D eigenvalue weighted by Gasteiger charge is -2.19. The van der Waals surface area contributed by atoms with E-state index in [-0.39, 0.29) is 28.0 Å². The summed E-state index contributed by atoms with van der Waals surface area (Å²) in [5.74, 6) is -0.393. The zero-order valence-corrected chi connectivity index (χ0v) is 13.3. The van der Waals surface area contributed by atoms with Gasteiger partial charge in [-0.1, -0.05) is 11.6 Å². The number of ether oxygens (including phenoxy) is 1. The molecule has 3 rings (SSSR count). The number of amides is 1. The molecular weight excluding hydrogens is 361 g/mol. The van der Waals surface area contributed by atoms with E-state index in [1.54, 1.807) is 0 Å². The molecule has 0 aliphatic carbocycles. The van der Waals surface area contributed by atoms with Crippen LogP contribution in [0.5, 0.6) is 5.75 Å². The lowest BCUT2D eigenvalue weighted by molar-refractivity contribution is -0.274. The van der Waals surface area contributed by atoms with Crippen LogP contribution in [0.4, 0.5) is 19.0 Å². The molecule has 0 radical (unpaired) electrons. The molecule has 1 aromatic heterocycles. The first-order chi connectivity index (χ1) is 11.8. The van der Waals surface area contributed by atoms with Gasteiger partial charge in [-0.2, -0.15) is 10.4 Å². The highest BCUT2D eigenvalue weighted by molar-refractivity contribution is 6.32. The van der Waals surface area contributed by atoms with Gasteiger partial charge in [0, 0.05) is 19.0 Å². The molecule has 1 aliphatic rings. The van der Waals surface area contributed by atoms with Gasteiger partial charge in [0.1, 0.15) is 17.4 Å². The topological polar surface area (TPSA) is 71.2 Å². The molecule has 0 atom stereocenters. The number of aromatic nitrogens is 2. The van der Waals surface area contributed by atoms with E-state index in [9.17, 15) is 23.2 Å². The summed E-state index contributed by atoms with van der Waals surface area (Å²) in [7, 11) is 0. The molecule has 130 valence electrons. The standard InChI is InChI=1S/C15H10ClF3N4O2/c16-11-6-10(25-15(17,18)19)3-4-12(11)23-14(9(7-20)8-21-23)22-5-1-2-13(22)24/h3-4,6,8H,1-2,5H2. The molecule has 1 aliphatic heterocycles. The van der Waals surface area contributed by atoms with Crippen LogP contribution in [0.1, 0.15) is 18.4 Å². The maximum atomic E-state index is 12.3. The highest BCUT2D eigenvalue weighted by Gasteiger charge is 2.32. The Morgan fingerprint density at radius 2 is 2.12 bits per heavy atom. The maximum absolute atomic E-state index is 12.3. The number of nitriles is 1. The number of anilines is 1. The minimum atomic E-state index is -4.84. The van der Waals surface area contributed by atoms with Crippen LogP contribution in [0, 0.1) is 11.3 Å². The third-order valence-corrected chi connectivity index (χ3v) is 3.88. The minimum absolute atomic E-state index is 0.0674. The quantitative estimate of drug-likeness (QED) is 0.830. The van der Waals surface area contributed by atoms with Gasteiger partial charge in [-0.05, 0) is 18.6 Å². The Bertz CT molecular complexity index is 873. The average molecular weight is 371 g/mol. The van der Waals surface area contributed by atoms with Crippen molar-refractivity contribution in [3.63, 3.8) is 0 Å². The van der Waals surface area contributed by atoms with Gasteiger partial charge >= 0.3 is 6.36 Å². The van der Waals surface area contributed by atoms with E-state index in [0.717, 1.165) is 12.1 Å². The SMILES string of the molecule is N#Cc1cnn(-c2ccc(OC(F)(F)F)cc2Cl)c1N1CCCC1=O. The summed E-state index contributed by atoms with van der Waals surface area (Å²) in [6.45, 7) is 0.423. The Hall–Kier alpha value is -2.73. The van der Waals surface area contributed by atoms with Gasteiger partial charge in [0.25, 0.3) is 0 Å². The van der Waals surface area contributed by atoms with Crippen LogP contribution >= 0.6 is 11.6 Å². The number of nitrogens with zero attached hydrogens (tertiary/aromatic N) is 4. The molecule has 1 saturated heterocycles. The monoisotopic (exact) mass is 370 g/mol. The fraction of sp³-hybridized carbons (Fsp3) is 0.267. The Morgan fingerprint density at radius 1 is 1.36 bits per heavy atom. The molecule has 25 heavy (non-hydrogen) atoms. The van der Waals surface area contributed by atoms with E-state index in [0.29, 0.717) is 19.4 Å². The highest BCUT2D eigenvalue weighted by atomic mass is 35.5. The smallest absolute Gasteiger partial charge is 0.406 e. The summed E-state index contributed by atoms with van der Waals surface area (Å²) < 4.78 is 42.0. The van der Waals surface area contributed by atoms with Crippen LogP contribution in [0.2, 0.25) is 5.02 Å². The molecule has 0 spiro atoms. The third-order valence-electron chi connectivity index (χ3n) is 3.57. The van der Waals surface area contributed by atoms with Crippen molar-refractivity contribution >= 4 is 23.3 Å². The summed E-state index contributed by atoms with van der Waals surface area (Å²) in [6, 6.07) is 5.31. The third kappa shape index (κ3) is 3.39. The average Bonchev–Trinajstić information content (AvgIpc) is 3.11. The van der Waals surface area contributed by atoms with Gasteiger partial charge in [0.15, 0.2) is 5.82 Å². The number of carbonyl (C=O) groups is 1. The Balaban J connectivity index is 2.04. The lowest BCUT2D eigenvalue weighted by atomic mass is 10.3. The Kier molecular flexibility index (Phi) is 4.30. The van der Waals surface area contributed by atoms with Crippen LogP contribution in [-0.4, -0.2) is 28.6 Å². The van der Waals surface area contributed by atoms with Crippen molar-refractivity contribution in [3.05, 3.63) is 35.0 Å². The van der Waals surface area contributed by atoms with Gasteiger partial charge in [-0.15, -0.1) is 13.2 Å². The first-order valence-corrected chi connectivity index (χ1v) is 7.52. The second kappa shape index (κ2) is 6.29. The van der Waals surface area contributed by atoms with Crippen molar-refractivity contribution < 1.29 is 22.7 Å². The molecule has 1 amide bonds. The fourth-order valence-corrected chi connectivity index (χ4v) is 2.84. The van der Waals surface area contributed by atoms with Crippen molar-refractivity contribution in [1.29, 1.82) is 5.26 Å². The summed E-state index contributed by atoms with van der Waals surface area (Å²) in [5.41, 5.74) is 0.398. The summed E-state index contributed by atoms with van der Waals surface area (Å²) >= 11 is 6.07. The van der Waals surface area contributed by atoms with Crippen molar-refractivity contribution in [3.8, 4) is 17.5 Å². The van der Waals surface area contributed by atoms with E-state index in [1.165, 1.54) is 21.8 Å². The van der Waals surface area contributed by atoms with E-state index >= 15 is 0 Å². The molecular formula is C15H10ClF3N4O2. The van der Waals surface area contributed by atoms with E-state index < -0.39 is 12.1 Å². The molecule has 1 fully saturated rings. The summed E-state index contributed by atoms with van der Waals surface area (Å²) in [4.78, 5) is 13.4. The van der Waals surface area contributed by atoms with E-state index in [1.807, 2.05) is 6.07 Å². The van der Waals surface area contributed by atoms with Crippen LogP contribution in [-0.2, 0) is 4.79 Å². The molecule has 1 aromatic carbocycles. The van der Waals surface area contributed by atoms with Crippen molar-refractivity contribution in [2.45, 2.75) is 19.2 Å². The number of rotatable bonds is 3. The van der Waals surface area contributed by atoms with E-state index in [4.69, 9.17) is 11.6 Å². The predicted octanol–water partition coefficient (Wildman–Crippen LogP) is 3.42. The number of benzene rings is 1. The Labute approximate surface area is 145 Å². The maximum Gasteiger partial charge on any atom is 0.573 e. The molecule has 0 bridgehead atoms. The number of alkyl halides is 3. The van der Waals surface area contributed by atoms with E-state index in [2.05, 4.69) is 9.84 Å². The van der Waals surface area contributed by atoms with Crippen molar-refractivity contribution in [1.82, 2.24) is 9.78 Å². The largest absolute Gasteiger partial charge is 0.573 e. The minimum Gasteiger partial charge on any atom is -0.406 e. The van der Waals surface area contributed by atoms with Gasteiger partial charge in [-0.25, -0.2) is 4.68 Å². The number of hydrogen-bond donors (Lipinski definition) is 0. The van der Waals surface area contributed by atoms with Gasteiger partial charge in [-0.3, -0.25) is 9.69 Å². The first-order valence-electron chi connectivity index (χ1n) is 7.14. The second-order valence-electron chi connectivity index (χ2n) is 5.22. The van der Waals surface area contributed by atoms with Crippen molar-refractivity contribution in [2.75, 3.05) is 11.4 Å². The summed E-state index contributed by atoms with van der Waals surface area (Å²) in [6.07, 6.45) is -2.57. The molecule has 0 unspecified atom stereocenters. The molecule has 10 heteroatoms. The highest BCUT2D eigenvalue weighted by Crippen LogP contribution is 2.33. The molecule has 0 saturated carbocycles. The number of halogens is 4.